The van der Waals surface area contributed by atoms with E-state index in [1.54, 1.807) is 0 Å². The molecule has 1 aliphatic rings. The lowest BCUT2D eigenvalue weighted by molar-refractivity contribution is 0.515. The van der Waals surface area contributed by atoms with E-state index >= 15 is 0 Å². The number of pyridine rings is 2. The summed E-state index contributed by atoms with van der Waals surface area (Å²) < 4.78 is 4.19. The number of aromatic nitrogens is 4. The second-order valence-corrected chi connectivity index (χ2v) is 12.2. The van der Waals surface area contributed by atoms with Gasteiger partial charge in [0, 0.05) is 25.0 Å². The molecule has 0 aliphatic heterocycles. The number of nitrogens with one attached hydrogen (secondary N) is 1. The minimum Gasteiger partial charge on any atom is -0.380 e. The summed E-state index contributed by atoms with van der Waals surface area (Å²) in [6.45, 7) is 2.74. The topological polar surface area (TPSA) is 64.7 Å². The molecule has 6 heteroatoms. The van der Waals surface area contributed by atoms with Crippen LogP contribution in [0.2, 0.25) is 0 Å². The highest BCUT2D eigenvalue weighted by atomic mass is 16.1. The molecule has 1 aliphatic carbocycles. The highest BCUT2D eigenvalue weighted by Gasteiger charge is 2.38. The Bertz CT molecular complexity index is 2120. The molecular weight excluding hydrogens is 578 g/mol. The summed E-state index contributed by atoms with van der Waals surface area (Å²) in [5.74, 6) is 0. The van der Waals surface area contributed by atoms with Gasteiger partial charge >= 0.3 is 0 Å². The van der Waals surface area contributed by atoms with E-state index in [0.29, 0.717) is 28.8 Å². The predicted octanol–water partition coefficient (Wildman–Crippen LogP) is 7.70. The molecule has 0 saturated carbocycles. The lowest BCUT2D eigenvalue weighted by Crippen LogP contribution is -2.36. The van der Waals surface area contributed by atoms with Gasteiger partial charge in [-0.05, 0) is 53.6 Å². The van der Waals surface area contributed by atoms with Crippen molar-refractivity contribution >= 4 is 16.7 Å². The minimum absolute atomic E-state index is 0.0782. The number of aryl methyl sites for hydroxylation is 1. The average molecular weight is 614 g/mol. The number of hydrogen-bond donors (Lipinski definition) is 1. The Morgan fingerprint density at radius 2 is 1.30 bits per heavy atom. The Labute approximate surface area is 274 Å². The number of anilines is 1. The van der Waals surface area contributed by atoms with Crippen LogP contribution in [0.4, 0.5) is 5.69 Å². The maximum Gasteiger partial charge on any atom is 0.200 e. The van der Waals surface area contributed by atoms with Crippen molar-refractivity contribution in [1.29, 1.82) is 0 Å². The van der Waals surface area contributed by atoms with E-state index in [-0.39, 0.29) is 11.5 Å². The summed E-state index contributed by atoms with van der Waals surface area (Å²) in [4.78, 5) is 24.0. The molecule has 0 unspecified atom stereocenters. The third-order valence-electron chi connectivity index (χ3n) is 9.50. The van der Waals surface area contributed by atoms with E-state index in [1.807, 2.05) is 53.8 Å². The number of benzene rings is 4. The standard InChI is InChI=1S/C41H35N5O/c1-2-45-26-37(39(47)36-24-35(25-42-40(36)45)44-34-22-29-14-12-13-15-30(29)23-34)38-27-46(28-43-38)41(31-16-6-3-7-17-31,32-18-8-4-9-19-32)33-20-10-5-11-21-33/h3-21,24-28,34,44H,2,22-23H2,1H3. The molecule has 230 valence electrons. The number of fused-ring (bicyclic) bond motifs is 2. The third-order valence-corrected chi connectivity index (χ3v) is 9.50. The molecule has 0 atom stereocenters. The van der Waals surface area contributed by atoms with Crippen molar-refractivity contribution in [2.24, 2.45) is 0 Å². The van der Waals surface area contributed by atoms with E-state index in [1.165, 1.54) is 11.1 Å². The molecule has 7 aromatic rings. The molecule has 0 radical (unpaired) electrons. The van der Waals surface area contributed by atoms with Crippen molar-refractivity contribution in [2.45, 2.75) is 37.9 Å². The van der Waals surface area contributed by atoms with Gasteiger partial charge < -0.3 is 14.5 Å². The van der Waals surface area contributed by atoms with E-state index < -0.39 is 5.54 Å². The van der Waals surface area contributed by atoms with Gasteiger partial charge in [-0.25, -0.2) is 9.97 Å². The third kappa shape index (κ3) is 4.93. The van der Waals surface area contributed by atoms with Crippen LogP contribution in [-0.2, 0) is 24.9 Å². The van der Waals surface area contributed by atoms with Crippen LogP contribution in [0.25, 0.3) is 22.3 Å². The molecule has 3 heterocycles. The molecule has 0 amide bonds. The number of rotatable bonds is 8. The zero-order valence-corrected chi connectivity index (χ0v) is 26.3. The molecule has 0 spiro atoms. The van der Waals surface area contributed by atoms with Crippen molar-refractivity contribution in [2.75, 3.05) is 5.32 Å². The molecule has 1 N–H and O–H groups in total. The highest BCUT2D eigenvalue weighted by Crippen LogP contribution is 2.41. The van der Waals surface area contributed by atoms with Gasteiger partial charge in [0.1, 0.15) is 11.2 Å². The number of hydrogen-bond acceptors (Lipinski definition) is 4. The first-order chi connectivity index (χ1) is 23.1. The fourth-order valence-corrected chi connectivity index (χ4v) is 7.30. The van der Waals surface area contributed by atoms with Gasteiger partial charge in [0.15, 0.2) is 0 Å². The first-order valence-electron chi connectivity index (χ1n) is 16.2. The molecular formula is C41H35N5O. The largest absolute Gasteiger partial charge is 0.380 e. The van der Waals surface area contributed by atoms with Crippen molar-refractivity contribution in [3.8, 4) is 11.3 Å². The number of imidazole rings is 1. The zero-order chi connectivity index (χ0) is 31.8. The molecule has 6 nitrogen and oxygen atoms in total. The maximum absolute atomic E-state index is 14.3. The van der Waals surface area contributed by atoms with E-state index in [9.17, 15) is 4.79 Å². The fraction of sp³-hybridized carbons (Fsp3) is 0.146. The van der Waals surface area contributed by atoms with Crippen LogP contribution in [0.3, 0.4) is 0 Å². The van der Waals surface area contributed by atoms with Gasteiger partial charge in [-0.3, -0.25) is 4.79 Å². The summed E-state index contributed by atoms with van der Waals surface area (Å²) in [5, 5.41) is 4.24. The summed E-state index contributed by atoms with van der Waals surface area (Å²) in [6.07, 6.45) is 9.53. The van der Waals surface area contributed by atoms with E-state index in [0.717, 1.165) is 35.2 Å². The van der Waals surface area contributed by atoms with Gasteiger partial charge in [-0.2, -0.15) is 0 Å². The molecule has 0 saturated heterocycles. The minimum atomic E-state index is -0.715. The van der Waals surface area contributed by atoms with Gasteiger partial charge in [-0.1, -0.05) is 115 Å². The normalized spacial score (nSPS) is 13.1. The maximum atomic E-state index is 14.3. The summed E-state index contributed by atoms with van der Waals surface area (Å²) in [7, 11) is 0. The lowest BCUT2D eigenvalue weighted by atomic mass is 9.77. The number of nitrogens with zero attached hydrogens (tertiary/aromatic N) is 4. The van der Waals surface area contributed by atoms with E-state index in [4.69, 9.17) is 9.97 Å². The van der Waals surface area contributed by atoms with Crippen LogP contribution in [0.5, 0.6) is 0 Å². The smallest absolute Gasteiger partial charge is 0.200 e. The summed E-state index contributed by atoms with van der Waals surface area (Å²) >= 11 is 0. The van der Waals surface area contributed by atoms with Gasteiger partial charge in [-0.15, -0.1) is 0 Å². The average Bonchev–Trinajstić information content (AvgIpc) is 3.78. The summed E-state index contributed by atoms with van der Waals surface area (Å²) in [5.41, 5.74) is 7.95. The zero-order valence-electron chi connectivity index (χ0n) is 26.3. The van der Waals surface area contributed by atoms with Crippen LogP contribution in [-0.4, -0.2) is 25.1 Å². The lowest BCUT2D eigenvalue weighted by Gasteiger charge is -2.37. The van der Waals surface area contributed by atoms with Gasteiger partial charge in [0.25, 0.3) is 0 Å². The van der Waals surface area contributed by atoms with Crippen molar-refractivity contribution in [3.63, 3.8) is 0 Å². The van der Waals surface area contributed by atoms with Gasteiger partial charge in [0.05, 0.1) is 34.9 Å². The Morgan fingerprint density at radius 1 is 0.745 bits per heavy atom. The molecule has 0 bridgehead atoms. The molecule has 8 rings (SSSR count). The van der Waals surface area contributed by atoms with Crippen LogP contribution in [0.15, 0.2) is 151 Å². The molecule has 3 aromatic heterocycles. The Morgan fingerprint density at radius 3 is 1.85 bits per heavy atom. The highest BCUT2D eigenvalue weighted by molar-refractivity contribution is 5.83. The summed E-state index contributed by atoms with van der Waals surface area (Å²) in [6, 6.07) is 42.3. The molecule has 0 fully saturated rings. The van der Waals surface area contributed by atoms with Crippen LogP contribution in [0, 0.1) is 0 Å². The van der Waals surface area contributed by atoms with Crippen LogP contribution in [0.1, 0.15) is 34.7 Å². The van der Waals surface area contributed by atoms with Crippen LogP contribution >= 0.6 is 0 Å². The van der Waals surface area contributed by atoms with Crippen LogP contribution < -0.4 is 10.7 Å². The van der Waals surface area contributed by atoms with E-state index in [2.05, 4.69) is 114 Å². The Hall–Kier alpha value is -5.75. The monoisotopic (exact) mass is 613 g/mol. The second kappa shape index (κ2) is 11.9. The predicted molar refractivity (Wildman–Crippen MR) is 189 cm³/mol. The first-order valence-corrected chi connectivity index (χ1v) is 16.2. The van der Waals surface area contributed by atoms with Crippen molar-refractivity contribution < 1.29 is 0 Å². The Balaban J connectivity index is 1.25. The van der Waals surface area contributed by atoms with Gasteiger partial charge in [0.2, 0.25) is 5.43 Å². The molecule has 4 aromatic carbocycles. The SMILES string of the molecule is CCn1cc(-c2cn(C(c3ccccc3)(c3ccccc3)c3ccccc3)cn2)c(=O)c2cc(NC3Cc4ccccc4C3)cnc21. The second-order valence-electron chi connectivity index (χ2n) is 12.2. The Kier molecular flexibility index (Phi) is 7.25. The quantitative estimate of drug-likeness (QED) is 0.179. The molecule has 47 heavy (non-hydrogen) atoms. The first kappa shape index (κ1) is 28.7. The van der Waals surface area contributed by atoms with Crippen molar-refractivity contribution in [1.82, 2.24) is 19.1 Å². The van der Waals surface area contributed by atoms with Crippen molar-refractivity contribution in [3.05, 3.63) is 184 Å². The fourth-order valence-electron chi connectivity index (χ4n) is 7.30.